The lowest BCUT2D eigenvalue weighted by Gasteiger charge is -2.60. The number of ether oxygens (including phenoxy) is 4. The Kier molecular flexibility index (Phi) is 8.33. The van der Waals surface area contributed by atoms with E-state index in [1.807, 2.05) is 25.1 Å². The summed E-state index contributed by atoms with van der Waals surface area (Å²) in [6, 6.07) is 12.6. The van der Waals surface area contributed by atoms with Crippen LogP contribution >= 0.6 is 0 Å². The lowest BCUT2D eigenvalue weighted by Crippen LogP contribution is -2.61. The predicted molar refractivity (Wildman–Crippen MR) is 151 cm³/mol. The average Bonchev–Trinajstić information content (AvgIpc) is 3.43. The Labute approximate surface area is 240 Å². The third-order valence-corrected chi connectivity index (χ3v) is 9.57. The number of hydrogen-bond donors (Lipinski definition) is 4. The third-order valence-electron chi connectivity index (χ3n) is 9.57. The van der Waals surface area contributed by atoms with Gasteiger partial charge in [-0.25, -0.2) is 4.79 Å². The molecule has 10 heteroatoms. The maximum Gasteiger partial charge on any atom is 0.411 e. The molecule has 0 saturated heterocycles. The van der Waals surface area contributed by atoms with Gasteiger partial charge < -0.3 is 34.5 Å². The number of amides is 2. The first-order chi connectivity index (χ1) is 19.7. The molecule has 0 spiro atoms. The zero-order valence-corrected chi connectivity index (χ0v) is 23.9. The number of aliphatic hydroxyl groups is 2. The van der Waals surface area contributed by atoms with Crippen molar-refractivity contribution in [3.8, 4) is 17.2 Å². The monoisotopic (exact) mass is 568 g/mol. The Morgan fingerprint density at radius 2 is 1.88 bits per heavy atom. The Bertz CT molecular complexity index is 1270. The number of nitrogens with one attached hydrogen (secondary N) is 2. The first kappa shape index (κ1) is 29.0. The Hall–Kier alpha value is -3.50. The highest BCUT2D eigenvalue weighted by Gasteiger charge is 2.60. The molecule has 2 aromatic rings. The van der Waals surface area contributed by atoms with Crippen LogP contribution in [-0.4, -0.2) is 54.9 Å². The molecule has 3 aliphatic rings. The number of rotatable bonds is 8. The van der Waals surface area contributed by atoms with E-state index in [9.17, 15) is 19.8 Å². The molecule has 4 N–H and O–H groups in total. The van der Waals surface area contributed by atoms with Gasteiger partial charge in [0.1, 0.15) is 11.9 Å². The fraction of sp³-hybridized carbons (Fsp3) is 0.548. The predicted octanol–water partition coefficient (Wildman–Crippen LogP) is 4.23. The molecule has 0 radical (unpaired) electrons. The van der Waals surface area contributed by atoms with Crippen molar-refractivity contribution in [2.24, 2.45) is 22.7 Å². The highest BCUT2D eigenvalue weighted by atomic mass is 16.7. The van der Waals surface area contributed by atoms with Crippen LogP contribution in [0.3, 0.4) is 0 Å². The van der Waals surface area contributed by atoms with Crippen LogP contribution in [0.4, 0.5) is 10.5 Å². The molecule has 2 fully saturated rings. The van der Waals surface area contributed by atoms with Crippen LogP contribution < -0.4 is 24.8 Å². The van der Waals surface area contributed by atoms with E-state index in [-0.39, 0.29) is 37.6 Å². The lowest BCUT2D eigenvalue weighted by molar-refractivity contribution is -0.185. The summed E-state index contributed by atoms with van der Waals surface area (Å²) >= 11 is 0. The molecule has 2 amide bonds. The SMILES string of the molecule is COc1cccc(NC(=O)OC2CCC3(C)C(CC(=O)NCc4ccc5c(c4)OCO5)C(O)CCC3C2(C)CO)c1. The second kappa shape index (κ2) is 11.8. The minimum absolute atomic E-state index is 0.0570. The van der Waals surface area contributed by atoms with Gasteiger partial charge in [-0.15, -0.1) is 0 Å². The molecule has 5 rings (SSSR count). The maximum atomic E-state index is 13.1. The maximum absolute atomic E-state index is 13.1. The van der Waals surface area contributed by atoms with Crippen LogP contribution in [0.1, 0.15) is 51.5 Å². The molecule has 6 unspecified atom stereocenters. The molecule has 0 aromatic heterocycles. The summed E-state index contributed by atoms with van der Waals surface area (Å²) < 4.78 is 21.9. The van der Waals surface area contributed by atoms with E-state index >= 15 is 0 Å². The van der Waals surface area contributed by atoms with Crippen LogP contribution in [0, 0.1) is 22.7 Å². The highest BCUT2D eigenvalue weighted by Crippen LogP contribution is 2.61. The molecule has 6 atom stereocenters. The summed E-state index contributed by atoms with van der Waals surface area (Å²) in [7, 11) is 1.56. The first-order valence-corrected chi connectivity index (χ1v) is 14.2. The Morgan fingerprint density at radius 1 is 1.07 bits per heavy atom. The van der Waals surface area contributed by atoms with E-state index in [2.05, 4.69) is 17.6 Å². The fourth-order valence-corrected chi connectivity index (χ4v) is 7.28. The number of carbonyl (C=O) groups is 2. The van der Waals surface area contributed by atoms with Crippen molar-refractivity contribution < 1.29 is 38.7 Å². The van der Waals surface area contributed by atoms with Gasteiger partial charge in [0.05, 0.1) is 19.8 Å². The molecular weight excluding hydrogens is 528 g/mol. The van der Waals surface area contributed by atoms with Gasteiger partial charge in [0.2, 0.25) is 12.7 Å². The molecule has 2 aromatic carbocycles. The second-order valence-corrected chi connectivity index (χ2v) is 11.9. The van der Waals surface area contributed by atoms with E-state index in [0.29, 0.717) is 55.2 Å². The van der Waals surface area contributed by atoms with E-state index < -0.39 is 29.1 Å². The van der Waals surface area contributed by atoms with Gasteiger partial charge in [-0.3, -0.25) is 10.1 Å². The van der Waals surface area contributed by atoms with Crippen molar-refractivity contribution in [2.75, 3.05) is 25.8 Å². The fourth-order valence-electron chi connectivity index (χ4n) is 7.28. The van der Waals surface area contributed by atoms with Crippen LogP contribution in [0.25, 0.3) is 0 Å². The van der Waals surface area contributed by atoms with Crippen LogP contribution in [-0.2, 0) is 16.1 Å². The minimum atomic E-state index is -0.736. The number of benzene rings is 2. The number of anilines is 1. The largest absolute Gasteiger partial charge is 0.497 e. The smallest absolute Gasteiger partial charge is 0.411 e. The summed E-state index contributed by atoms with van der Waals surface area (Å²) in [5.41, 5.74) is 0.288. The number of aliphatic hydroxyl groups excluding tert-OH is 2. The molecule has 2 saturated carbocycles. The molecule has 41 heavy (non-hydrogen) atoms. The van der Waals surface area contributed by atoms with Gasteiger partial charge in [-0.1, -0.05) is 26.0 Å². The van der Waals surface area contributed by atoms with Gasteiger partial charge in [0, 0.05) is 30.1 Å². The summed E-state index contributed by atoms with van der Waals surface area (Å²) in [6.07, 6.45) is 0.763. The Morgan fingerprint density at radius 3 is 2.66 bits per heavy atom. The number of methoxy groups -OCH3 is 1. The highest BCUT2D eigenvalue weighted by molar-refractivity contribution is 5.85. The normalized spacial score (nSPS) is 30.2. The van der Waals surface area contributed by atoms with Gasteiger partial charge in [-0.2, -0.15) is 0 Å². The summed E-state index contributed by atoms with van der Waals surface area (Å²) in [5.74, 6) is 1.47. The van der Waals surface area contributed by atoms with E-state index in [1.165, 1.54) is 0 Å². The number of carbonyl (C=O) groups excluding carboxylic acids is 2. The summed E-state index contributed by atoms with van der Waals surface area (Å²) in [5, 5.41) is 27.5. The number of fused-ring (bicyclic) bond motifs is 2. The first-order valence-electron chi connectivity index (χ1n) is 14.2. The molecule has 10 nitrogen and oxygen atoms in total. The van der Waals surface area contributed by atoms with Crippen LogP contribution in [0.15, 0.2) is 42.5 Å². The van der Waals surface area contributed by atoms with Gasteiger partial charge >= 0.3 is 6.09 Å². The van der Waals surface area contributed by atoms with Crippen LogP contribution in [0.5, 0.6) is 17.2 Å². The molecule has 2 aliphatic carbocycles. The van der Waals surface area contributed by atoms with Crippen molar-refractivity contribution >= 4 is 17.7 Å². The number of hydrogen-bond acceptors (Lipinski definition) is 8. The third kappa shape index (κ3) is 5.81. The summed E-state index contributed by atoms with van der Waals surface area (Å²) in [6.45, 7) is 4.41. The van der Waals surface area contributed by atoms with Crippen molar-refractivity contribution in [2.45, 2.75) is 64.7 Å². The van der Waals surface area contributed by atoms with E-state index in [0.717, 1.165) is 5.56 Å². The van der Waals surface area contributed by atoms with Crippen LogP contribution in [0.2, 0.25) is 0 Å². The standard InChI is InChI=1S/C31H40N2O8/c1-30-12-11-27(41-29(37)33-20-5-4-6-21(14-20)38-3)31(2,17-34)26(30)10-8-23(35)22(30)15-28(36)32-16-19-7-9-24-25(13-19)40-18-39-24/h4-7,9,13-14,22-23,26-27,34-35H,8,10-12,15-18H2,1-3H3,(H,32,36)(H,33,37). The van der Waals surface area contributed by atoms with Crippen molar-refractivity contribution in [3.63, 3.8) is 0 Å². The molecule has 0 bridgehead atoms. The van der Waals surface area contributed by atoms with Crippen molar-refractivity contribution in [3.05, 3.63) is 48.0 Å². The molecule has 222 valence electrons. The van der Waals surface area contributed by atoms with Crippen molar-refractivity contribution in [1.82, 2.24) is 5.32 Å². The van der Waals surface area contributed by atoms with Gasteiger partial charge in [0.15, 0.2) is 11.5 Å². The zero-order valence-electron chi connectivity index (χ0n) is 23.9. The average molecular weight is 569 g/mol. The van der Waals surface area contributed by atoms with Crippen molar-refractivity contribution in [1.29, 1.82) is 0 Å². The quantitative estimate of drug-likeness (QED) is 0.372. The van der Waals surface area contributed by atoms with E-state index in [4.69, 9.17) is 18.9 Å². The topological polar surface area (TPSA) is 136 Å². The van der Waals surface area contributed by atoms with Gasteiger partial charge in [-0.05, 0) is 72.8 Å². The molecule has 1 aliphatic heterocycles. The van der Waals surface area contributed by atoms with Gasteiger partial charge in [0.25, 0.3) is 0 Å². The van der Waals surface area contributed by atoms with E-state index in [1.54, 1.807) is 31.4 Å². The summed E-state index contributed by atoms with van der Waals surface area (Å²) in [4.78, 5) is 26.0. The lowest BCUT2D eigenvalue weighted by atomic mass is 9.46. The zero-order chi connectivity index (χ0) is 29.2. The molecular formula is C31H40N2O8. The second-order valence-electron chi connectivity index (χ2n) is 11.9. The molecule has 1 heterocycles. The minimum Gasteiger partial charge on any atom is -0.497 e. The Balaban J connectivity index is 1.24.